The van der Waals surface area contributed by atoms with Crippen LogP contribution >= 0.6 is 47.0 Å². The summed E-state index contributed by atoms with van der Waals surface area (Å²) in [5.74, 6) is -0.197. The van der Waals surface area contributed by atoms with Crippen LogP contribution in [-0.4, -0.2) is 28.9 Å². The summed E-state index contributed by atoms with van der Waals surface area (Å²) in [6.07, 6.45) is 2.76. The highest BCUT2D eigenvalue weighted by molar-refractivity contribution is 7.80. The van der Waals surface area contributed by atoms with Gasteiger partial charge in [-0.05, 0) is 30.4 Å². The molecule has 3 N–H and O–H groups in total. The Hall–Kier alpha value is -2.13. The number of esters is 1. The van der Waals surface area contributed by atoms with Crippen molar-refractivity contribution in [3.63, 3.8) is 0 Å². The third kappa shape index (κ3) is 6.30. The van der Waals surface area contributed by atoms with Crippen molar-refractivity contribution >= 4 is 64.3 Å². The van der Waals surface area contributed by atoms with Gasteiger partial charge >= 0.3 is 5.97 Å². The summed E-state index contributed by atoms with van der Waals surface area (Å²) in [5, 5.41) is 4.55. The summed E-state index contributed by atoms with van der Waals surface area (Å²) in [5.41, 5.74) is 8.13. The van der Waals surface area contributed by atoms with E-state index in [1.165, 1.54) is 24.5 Å². The van der Waals surface area contributed by atoms with Crippen molar-refractivity contribution in [2.45, 2.75) is 0 Å². The lowest BCUT2D eigenvalue weighted by molar-refractivity contribution is -0.136. The number of carbonyl (C=O) groups excluding carboxylic acids is 1. The second-order valence-electron chi connectivity index (χ2n) is 4.61. The van der Waals surface area contributed by atoms with Crippen LogP contribution in [0.25, 0.3) is 0 Å². The van der Waals surface area contributed by atoms with Crippen LogP contribution in [0.3, 0.4) is 0 Å². The summed E-state index contributed by atoms with van der Waals surface area (Å²) in [4.78, 5) is 15.9. The van der Waals surface area contributed by atoms with E-state index in [1.807, 2.05) is 0 Å². The number of hydrogen-bond donors (Lipinski definition) is 2. The number of halogens is 3. The van der Waals surface area contributed by atoms with E-state index in [-0.39, 0.29) is 38.3 Å². The molecule has 136 valence electrons. The number of thiocarbonyl (C=S) groups is 1. The Bertz CT molecular complexity index is 847. The van der Waals surface area contributed by atoms with E-state index in [0.29, 0.717) is 5.69 Å². The van der Waals surface area contributed by atoms with Crippen molar-refractivity contribution in [2.75, 3.05) is 6.61 Å². The van der Waals surface area contributed by atoms with Gasteiger partial charge in [0.1, 0.15) is 11.5 Å². The molecule has 0 aliphatic heterocycles. The monoisotopic (exact) mass is 432 g/mol. The maximum atomic E-state index is 11.8. The molecule has 0 atom stereocenters. The molecule has 7 nitrogen and oxygen atoms in total. The van der Waals surface area contributed by atoms with Crippen LogP contribution in [0.5, 0.6) is 11.5 Å². The van der Waals surface area contributed by atoms with E-state index >= 15 is 0 Å². The Balaban J connectivity index is 1.89. The van der Waals surface area contributed by atoms with Crippen molar-refractivity contribution < 1.29 is 14.3 Å². The molecule has 1 heterocycles. The molecular formula is C15H11Cl3N4O3S. The zero-order valence-electron chi connectivity index (χ0n) is 12.9. The van der Waals surface area contributed by atoms with Crippen molar-refractivity contribution in [2.24, 2.45) is 10.8 Å². The maximum Gasteiger partial charge on any atom is 0.349 e. The number of ether oxygens (including phenoxy) is 2. The van der Waals surface area contributed by atoms with Gasteiger partial charge in [-0.3, -0.25) is 10.4 Å². The van der Waals surface area contributed by atoms with Gasteiger partial charge in [0.15, 0.2) is 11.7 Å². The number of aromatic nitrogens is 1. The predicted octanol–water partition coefficient (Wildman–Crippen LogP) is 3.19. The molecule has 0 bridgehead atoms. The Labute approximate surface area is 169 Å². The first kappa shape index (κ1) is 20.2. The number of hydrazone groups is 1. The number of nitrogens with zero attached hydrogens (tertiary/aromatic N) is 2. The molecule has 0 radical (unpaired) electrons. The molecule has 0 aliphatic carbocycles. The highest BCUT2D eigenvalue weighted by Crippen LogP contribution is 2.33. The molecule has 0 aliphatic rings. The molecule has 2 rings (SSSR count). The third-order valence-corrected chi connectivity index (χ3v) is 3.79. The van der Waals surface area contributed by atoms with E-state index in [9.17, 15) is 4.79 Å². The van der Waals surface area contributed by atoms with Gasteiger partial charge in [-0.1, -0.05) is 34.8 Å². The highest BCUT2D eigenvalue weighted by Gasteiger charge is 2.11. The van der Waals surface area contributed by atoms with E-state index in [2.05, 4.69) is 27.7 Å². The molecular weight excluding hydrogens is 423 g/mol. The normalized spacial score (nSPS) is 10.6. The standard InChI is InChI=1S/C15H11Cl3N4O3S/c16-10-3-12(18)13(4-11(10)17)24-7-14(23)25-9-2-1-8(20-6-9)5-21-22-15(19)26/h1-6H,7H2,(H3,19,22,26)/b21-5+. The van der Waals surface area contributed by atoms with Gasteiger partial charge in [0.2, 0.25) is 0 Å². The minimum Gasteiger partial charge on any atom is -0.480 e. The molecule has 1 aromatic carbocycles. The van der Waals surface area contributed by atoms with Crippen LogP contribution in [0.2, 0.25) is 15.1 Å². The van der Waals surface area contributed by atoms with Gasteiger partial charge in [-0.25, -0.2) is 4.79 Å². The van der Waals surface area contributed by atoms with Gasteiger partial charge in [0.25, 0.3) is 0 Å². The lowest BCUT2D eigenvalue weighted by Gasteiger charge is -2.09. The van der Waals surface area contributed by atoms with Crippen molar-refractivity contribution in [3.8, 4) is 11.5 Å². The molecule has 2 aromatic rings. The predicted molar refractivity (Wildman–Crippen MR) is 104 cm³/mol. The Morgan fingerprint density at radius 1 is 1.27 bits per heavy atom. The van der Waals surface area contributed by atoms with Gasteiger partial charge < -0.3 is 15.2 Å². The lowest BCUT2D eigenvalue weighted by Crippen LogP contribution is -2.24. The van der Waals surface area contributed by atoms with E-state index in [4.69, 9.17) is 50.0 Å². The molecule has 0 spiro atoms. The molecule has 0 saturated carbocycles. The van der Waals surface area contributed by atoms with Gasteiger partial charge in [-0.15, -0.1) is 0 Å². The minimum atomic E-state index is -0.648. The summed E-state index contributed by atoms with van der Waals surface area (Å²) >= 11 is 22.3. The van der Waals surface area contributed by atoms with Crippen LogP contribution < -0.4 is 20.6 Å². The zero-order valence-corrected chi connectivity index (χ0v) is 16.0. The Morgan fingerprint density at radius 2 is 2.00 bits per heavy atom. The number of nitrogens with two attached hydrogens (primary N) is 1. The van der Waals surface area contributed by atoms with Crippen LogP contribution in [0, 0.1) is 0 Å². The summed E-state index contributed by atoms with van der Waals surface area (Å²) in [6, 6.07) is 5.96. The summed E-state index contributed by atoms with van der Waals surface area (Å²) in [6.45, 7) is -0.376. The first-order chi connectivity index (χ1) is 12.3. The number of benzene rings is 1. The van der Waals surface area contributed by atoms with Crippen LogP contribution in [0.4, 0.5) is 0 Å². The molecule has 1 aromatic heterocycles. The van der Waals surface area contributed by atoms with Crippen LogP contribution in [-0.2, 0) is 4.79 Å². The number of pyridine rings is 1. The molecule has 26 heavy (non-hydrogen) atoms. The van der Waals surface area contributed by atoms with Crippen molar-refractivity contribution in [3.05, 3.63) is 51.2 Å². The Kier molecular flexibility index (Phi) is 7.40. The highest BCUT2D eigenvalue weighted by atomic mass is 35.5. The fourth-order valence-corrected chi connectivity index (χ4v) is 2.25. The lowest BCUT2D eigenvalue weighted by atomic mass is 10.3. The quantitative estimate of drug-likeness (QED) is 0.237. The fourth-order valence-electron chi connectivity index (χ4n) is 1.60. The van der Waals surface area contributed by atoms with Gasteiger partial charge in [-0.2, -0.15) is 5.10 Å². The second-order valence-corrected chi connectivity index (χ2v) is 6.27. The molecule has 0 saturated heterocycles. The van der Waals surface area contributed by atoms with Gasteiger partial charge in [0.05, 0.1) is 33.2 Å². The molecule has 0 amide bonds. The maximum absolute atomic E-state index is 11.8. The zero-order chi connectivity index (χ0) is 19.1. The number of nitrogens with one attached hydrogen (secondary N) is 1. The fraction of sp³-hybridized carbons (Fsp3) is 0.0667. The van der Waals surface area contributed by atoms with Crippen LogP contribution in [0.1, 0.15) is 5.69 Å². The third-order valence-electron chi connectivity index (χ3n) is 2.68. The smallest absolute Gasteiger partial charge is 0.349 e. The summed E-state index contributed by atoms with van der Waals surface area (Å²) in [7, 11) is 0. The minimum absolute atomic E-state index is 0.0360. The van der Waals surface area contributed by atoms with E-state index in [1.54, 1.807) is 12.1 Å². The average molecular weight is 434 g/mol. The number of rotatable bonds is 6. The SMILES string of the molecule is NC(=S)N/N=C/c1ccc(OC(=O)COc2cc(Cl)c(Cl)cc2Cl)cn1. The summed E-state index contributed by atoms with van der Waals surface area (Å²) < 4.78 is 10.4. The van der Waals surface area contributed by atoms with Crippen molar-refractivity contribution in [1.82, 2.24) is 10.4 Å². The number of carbonyl (C=O) groups is 1. The molecule has 0 fully saturated rings. The van der Waals surface area contributed by atoms with Crippen molar-refractivity contribution in [1.29, 1.82) is 0 Å². The van der Waals surface area contributed by atoms with E-state index < -0.39 is 5.97 Å². The second kappa shape index (κ2) is 9.54. The average Bonchev–Trinajstić information content (AvgIpc) is 2.58. The number of hydrogen-bond acceptors (Lipinski definition) is 6. The topological polar surface area (TPSA) is 98.8 Å². The van der Waals surface area contributed by atoms with E-state index in [0.717, 1.165) is 0 Å². The van der Waals surface area contributed by atoms with Crippen LogP contribution in [0.15, 0.2) is 35.6 Å². The van der Waals surface area contributed by atoms with Gasteiger partial charge in [0, 0.05) is 6.07 Å². The first-order valence-electron chi connectivity index (χ1n) is 6.87. The first-order valence-corrected chi connectivity index (χ1v) is 8.42. The molecule has 11 heteroatoms. The largest absolute Gasteiger partial charge is 0.480 e. The molecule has 0 unspecified atom stereocenters. The Morgan fingerprint density at radius 3 is 2.65 bits per heavy atom.